The van der Waals surface area contributed by atoms with Crippen molar-refractivity contribution in [2.75, 3.05) is 19.8 Å². The van der Waals surface area contributed by atoms with Crippen molar-refractivity contribution in [3.05, 3.63) is 34.9 Å². The molecule has 2 N–H and O–H groups in total. The van der Waals surface area contributed by atoms with Gasteiger partial charge in [-0.2, -0.15) is 11.8 Å². The van der Waals surface area contributed by atoms with Gasteiger partial charge in [0, 0.05) is 23.9 Å². The van der Waals surface area contributed by atoms with Crippen molar-refractivity contribution < 1.29 is 0 Å². The molecule has 0 saturated heterocycles. The SMILES string of the molecule is CN=C(NCC(C)SC)NC(C)c1ccc(Cl)cc1.I. The zero-order valence-electron chi connectivity index (χ0n) is 12.3. The first-order valence-corrected chi connectivity index (χ1v) is 7.98. The summed E-state index contributed by atoms with van der Waals surface area (Å²) >= 11 is 7.73. The van der Waals surface area contributed by atoms with E-state index in [9.17, 15) is 0 Å². The van der Waals surface area contributed by atoms with Gasteiger partial charge in [-0.15, -0.1) is 24.0 Å². The number of rotatable bonds is 5. The van der Waals surface area contributed by atoms with Gasteiger partial charge in [-0.3, -0.25) is 4.99 Å². The second-order valence-electron chi connectivity index (χ2n) is 4.42. The lowest BCUT2D eigenvalue weighted by Gasteiger charge is -2.19. The molecule has 2 atom stereocenters. The Morgan fingerprint density at radius 1 is 1.30 bits per heavy atom. The highest BCUT2D eigenvalue weighted by Crippen LogP contribution is 2.15. The molecule has 20 heavy (non-hydrogen) atoms. The number of halogens is 2. The second kappa shape index (κ2) is 10.6. The van der Waals surface area contributed by atoms with Gasteiger partial charge in [0.25, 0.3) is 0 Å². The molecule has 0 bridgehead atoms. The summed E-state index contributed by atoms with van der Waals surface area (Å²) in [6, 6.07) is 8.05. The minimum Gasteiger partial charge on any atom is -0.355 e. The molecule has 0 spiro atoms. The molecule has 1 rings (SSSR count). The van der Waals surface area contributed by atoms with Gasteiger partial charge in [0.1, 0.15) is 0 Å². The molecule has 0 amide bonds. The summed E-state index contributed by atoms with van der Waals surface area (Å²) in [5.41, 5.74) is 1.19. The third kappa shape index (κ3) is 7.04. The summed E-state index contributed by atoms with van der Waals surface area (Å²) in [7, 11) is 1.79. The maximum atomic E-state index is 5.89. The summed E-state index contributed by atoms with van der Waals surface area (Å²) in [6.07, 6.45) is 2.11. The Labute approximate surface area is 148 Å². The molecule has 3 nitrogen and oxygen atoms in total. The number of guanidine groups is 1. The zero-order chi connectivity index (χ0) is 14.3. The van der Waals surface area contributed by atoms with Crippen molar-refractivity contribution in [2.45, 2.75) is 25.1 Å². The summed E-state index contributed by atoms with van der Waals surface area (Å²) < 4.78 is 0. The van der Waals surface area contributed by atoms with E-state index in [1.807, 2.05) is 36.0 Å². The van der Waals surface area contributed by atoms with Crippen LogP contribution in [0.2, 0.25) is 5.02 Å². The number of nitrogens with one attached hydrogen (secondary N) is 2. The lowest BCUT2D eigenvalue weighted by molar-refractivity contribution is 0.684. The van der Waals surface area contributed by atoms with E-state index in [0.717, 1.165) is 17.5 Å². The van der Waals surface area contributed by atoms with Crippen molar-refractivity contribution in [1.82, 2.24) is 10.6 Å². The van der Waals surface area contributed by atoms with Crippen molar-refractivity contribution in [2.24, 2.45) is 4.99 Å². The number of nitrogens with zero attached hydrogens (tertiary/aromatic N) is 1. The Morgan fingerprint density at radius 3 is 2.40 bits per heavy atom. The van der Waals surface area contributed by atoms with Crippen LogP contribution in [0, 0.1) is 0 Å². The van der Waals surface area contributed by atoms with E-state index in [-0.39, 0.29) is 30.0 Å². The van der Waals surface area contributed by atoms with Crippen LogP contribution in [0.25, 0.3) is 0 Å². The third-order valence-electron chi connectivity index (χ3n) is 2.91. The first kappa shape index (κ1) is 19.9. The van der Waals surface area contributed by atoms with Crippen LogP contribution in [-0.4, -0.2) is 31.1 Å². The van der Waals surface area contributed by atoms with E-state index in [1.54, 1.807) is 7.05 Å². The van der Waals surface area contributed by atoms with Crippen LogP contribution >= 0.6 is 47.3 Å². The molecule has 114 valence electrons. The Hall–Kier alpha value is -0.140. The van der Waals surface area contributed by atoms with Gasteiger partial charge in [-0.25, -0.2) is 0 Å². The van der Waals surface area contributed by atoms with Crippen LogP contribution in [0.4, 0.5) is 0 Å². The molecule has 0 aromatic heterocycles. The molecule has 0 aliphatic heterocycles. The molecule has 0 aliphatic carbocycles. The van der Waals surface area contributed by atoms with Gasteiger partial charge in [0.05, 0.1) is 6.04 Å². The molecule has 2 unspecified atom stereocenters. The van der Waals surface area contributed by atoms with Gasteiger partial charge in [-0.1, -0.05) is 30.7 Å². The Bertz CT molecular complexity index is 411. The quantitative estimate of drug-likeness (QED) is 0.424. The molecular weight excluding hydrogens is 405 g/mol. The van der Waals surface area contributed by atoms with Crippen LogP contribution in [0.3, 0.4) is 0 Å². The molecule has 1 aromatic rings. The normalized spacial score (nSPS) is 14.2. The molecule has 0 saturated carbocycles. The largest absolute Gasteiger partial charge is 0.355 e. The highest BCUT2D eigenvalue weighted by atomic mass is 127. The first-order valence-electron chi connectivity index (χ1n) is 6.32. The predicted octanol–water partition coefficient (Wildman–Crippen LogP) is 3.94. The summed E-state index contributed by atoms with van der Waals surface area (Å²) in [5.74, 6) is 0.823. The third-order valence-corrected chi connectivity index (χ3v) is 4.13. The van der Waals surface area contributed by atoms with E-state index in [0.29, 0.717) is 5.25 Å². The number of hydrogen-bond acceptors (Lipinski definition) is 2. The number of thioether (sulfide) groups is 1. The van der Waals surface area contributed by atoms with Crippen molar-refractivity contribution in [3.8, 4) is 0 Å². The van der Waals surface area contributed by atoms with E-state index < -0.39 is 0 Å². The number of benzene rings is 1. The van der Waals surface area contributed by atoms with Gasteiger partial charge in [-0.05, 0) is 30.9 Å². The monoisotopic (exact) mass is 427 g/mol. The molecule has 6 heteroatoms. The highest BCUT2D eigenvalue weighted by Gasteiger charge is 2.08. The molecule has 0 heterocycles. The topological polar surface area (TPSA) is 36.4 Å². The molecule has 0 radical (unpaired) electrons. The lowest BCUT2D eigenvalue weighted by atomic mass is 10.1. The fraction of sp³-hybridized carbons (Fsp3) is 0.500. The maximum absolute atomic E-state index is 5.89. The minimum absolute atomic E-state index is 0. The van der Waals surface area contributed by atoms with Gasteiger partial charge >= 0.3 is 0 Å². The summed E-state index contributed by atoms with van der Waals surface area (Å²) in [4.78, 5) is 4.24. The van der Waals surface area contributed by atoms with E-state index >= 15 is 0 Å². The molecule has 0 aliphatic rings. The fourth-order valence-corrected chi connectivity index (χ4v) is 1.93. The number of aliphatic imine (C=N–C) groups is 1. The van der Waals surface area contributed by atoms with Crippen LogP contribution in [0.1, 0.15) is 25.5 Å². The maximum Gasteiger partial charge on any atom is 0.191 e. The van der Waals surface area contributed by atoms with Gasteiger partial charge in [0.2, 0.25) is 0 Å². The molecular formula is C14H23ClIN3S. The highest BCUT2D eigenvalue weighted by molar-refractivity contribution is 14.0. The van der Waals surface area contributed by atoms with Crippen molar-refractivity contribution in [1.29, 1.82) is 0 Å². The minimum atomic E-state index is 0. The van der Waals surface area contributed by atoms with Crippen LogP contribution in [-0.2, 0) is 0 Å². The summed E-state index contributed by atoms with van der Waals surface area (Å²) in [6.45, 7) is 5.19. The Balaban J connectivity index is 0.00000361. The predicted molar refractivity (Wildman–Crippen MR) is 103 cm³/mol. The smallest absolute Gasteiger partial charge is 0.191 e. The van der Waals surface area contributed by atoms with E-state index in [2.05, 4.69) is 35.7 Å². The average molecular weight is 428 g/mol. The summed E-state index contributed by atoms with van der Waals surface area (Å²) in [5, 5.41) is 8.01. The van der Waals surface area contributed by atoms with Gasteiger partial charge in [0.15, 0.2) is 5.96 Å². The zero-order valence-corrected chi connectivity index (χ0v) is 16.2. The Kier molecular flexibility index (Phi) is 10.5. The van der Waals surface area contributed by atoms with Crippen LogP contribution in [0.15, 0.2) is 29.3 Å². The van der Waals surface area contributed by atoms with Crippen LogP contribution < -0.4 is 10.6 Å². The van der Waals surface area contributed by atoms with E-state index in [1.165, 1.54) is 5.56 Å². The molecule has 0 fully saturated rings. The fourth-order valence-electron chi connectivity index (χ4n) is 1.56. The van der Waals surface area contributed by atoms with E-state index in [4.69, 9.17) is 11.6 Å². The van der Waals surface area contributed by atoms with Gasteiger partial charge < -0.3 is 10.6 Å². The lowest BCUT2D eigenvalue weighted by Crippen LogP contribution is -2.41. The number of hydrogen-bond donors (Lipinski definition) is 2. The first-order chi connectivity index (χ1) is 9.06. The standard InChI is InChI=1S/C14H22ClN3S.HI/c1-10(19-4)9-17-14(16-3)18-11(2)12-5-7-13(15)8-6-12;/h5-8,10-11H,9H2,1-4H3,(H2,16,17,18);1H. The Morgan fingerprint density at radius 2 is 1.90 bits per heavy atom. The second-order valence-corrected chi connectivity index (χ2v) is 6.13. The van der Waals surface area contributed by atoms with Crippen molar-refractivity contribution >= 4 is 53.3 Å². The van der Waals surface area contributed by atoms with Crippen molar-refractivity contribution in [3.63, 3.8) is 0 Å². The van der Waals surface area contributed by atoms with Crippen LogP contribution in [0.5, 0.6) is 0 Å². The average Bonchev–Trinajstić information content (AvgIpc) is 2.43. The molecule has 1 aromatic carbocycles.